The first-order valence-electron chi connectivity index (χ1n) is 4.56. The summed E-state index contributed by atoms with van der Waals surface area (Å²) in [5.41, 5.74) is 6.61. The van der Waals surface area contributed by atoms with Gasteiger partial charge in [-0.05, 0) is 12.1 Å². The molecule has 16 heavy (non-hydrogen) atoms. The van der Waals surface area contributed by atoms with Crippen molar-refractivity contribution in [3.63, 3.8) is 0 Å². The number of ether oxygens (including phenoxy) is 1. The zero-order chi connectivity index (χ0) is 12.1. The van der Waals surface area contributed by atoms with Crippen molar-refractivity contribution in [1.82, 2.24) is 0 Å². The third-order valence-corrected chi connectivity index (χ3v) is 2.54. The molecule has 88 valence electrons. The number of carbonyl (C=O) groups excluding carboxylic acids is 1. The van der Waals surface area contributed by atoms with Crippen LogP contribution in [0.25, 0.3) is 0 Å². The predicted molar refractivity (Wildman–Crippen MR) is 65.0 cm³/mol. The van der Waals surface area contributed by atoms with Gasteiger partial charge in [0.05, 0.1) is 18.5 Å². The third-order valence-electron chi connectivity index (χ3n) is 1.87. The first-order chi connectivity index (χ1) is 7.52. The molecule has 6 heteroatoms. The zero-order valence-corrected chi connectivity index (χ0v) is 9.97. The Kier molecular flexibility index (Phi) is 4.30. The molecule has 0 radical (unpaired) electrons. The van der Waals surface area contributed by atoms with Gasteiger partial charge in [-0.2, -0.15) is 0 Å². The van der Waals surface area contributed by atoms with Crippen molar-refractivity contribution in [3.05, 3.63) is 18.2 Å². The van der Waals surface area contributed by atoms with Crippen LogP contribution in [0.3, 0.4) is 0 Å². The molecule has 0 bridgehead atoms. The highest BCUT2D eigenvalue weighted by molar-refractivity contribution is 7.85. The van der Waals surface area contributed by atoms with Crippen molar-refractivity contribution in [1.29, 1.82) is 0 Å². The number of hydrogen-bond acceptors (Lipinski definition) is 4. The van der Waals surface area contributed by atoms with E-state index >= 15 is 0 Å². The molecule has 0 aliphatic carbocycles. The standard InChI is InChI=1S/C10H14N2O3S/c1-15-7-3-4-9(8(11)5-7)12-10(13)6-16(2)14/h3-5H,6,11H2,1-2H3,(H,12,13). The summed E-state index contributed by atoms with van der Waals surface area (Å²) in [7, 11) is 0.376. The van der Waals surface area contributed by atoms with Crippen LogP contribution in [-0.4, -0.2) is 29.2 Å². The monoisotopic (exact) mass is 242 g/mol. The topological polar surface area (TPSA) is 81.4 Å². The maximum atomic E-state index is 11.3. The number of benzene rings is 1. The Morgan fingerprint density at radius 2 is 2.25 bits per heavy atom. The van der Waals surface area contributed by atoms with Crippen molar-refractivity contribution < 1.29 is 13.7 Å². The van der Waals surface area contributed by atoms with Crippen molar-refractivity contribution in [2.75, 3.05) is 30.2 Å². The van der Waals surface area contributed by atoms with Crippen LogP contribution in [0.2, 0.25) is 0 Å². The molecule has 0 heterocycles. The van der Waals surface area contributed by atoms with Gasteiger partial charge in [-0.1, -0.05) is 0 Å². The lowest BCUT2D eigenvalue weighted by atomic mass is 10.2. The molecule has 0 aromatic heterocycles. The molecule has 3 N–H and O–H groups in total. The predicted octanol–water partition coefficient (Wildman–Crippen LogP) is 0.594. The summed E-state index contributed by atoms with van der Waals surface area (Å²) in [6.07, 6.45) is 1.47. The highest BCUT2D eigenvalue weighted by Gasteiger charge is 2.07. The van der Waals surface area contributed by atoms with Crippen LogP contribution in [0.4, 0.5) is 11.4 Å². The summed E-state index contributed by atoms with van der Waals surface area (Å²) in [5, 5.41) is 2.58. The zero-order valence-electron chi connectivity index (χ0n) is 9.15. The highest BCUT2D eigenvalue weighted by atomic mass is 32.2. The first-order valence-corrected chi connectivity index (χ1v) is 6.29. The molecule has 0 saturated heterocycles. The van der Waals surface area contributed by atoms with Gasteiger partial charge in [0.1, 0.15) is 11.5 Å². The van der Waals surface area contributed by atoms with Crippen LogP contribution in [0.5, 0.6) is 5.75 Å². The van der Waals surface area contributed by atoms with E-state index in [9.17, 15) is 9.00 Å². The number of nitrogens with two attached hydrogens (primary N) is 1. The molecule has 0 spiro atoms. The van der Waals surface area contributed by atoms with Crippen molar-refractivity contribution in [2.45, 2.75) is 0 Å². The Hall–Kier alpha value is -1.56. The van der Waals surface area contributed by atoms with Crippen LogP contribution < -0.4 is 15.8 Å². The van der Waals surface area contributed by atoms with Crippen LogP contribution in [0.1, 0.15) is 0 Å². The number of anilines is 2. The number of rotatable bonds is 4. The van der Waals surface area contributed by atoms with Gasteiger partial charge < -0.3 is 15.8 Å². The fraction of sp³-hybridized carbons (Fsp3) is 0.300. The van der Waals surface area contributed by atoms with Gasteiger partial charge in [-0.3, -0.25) is 9.00 Å². The number of amides is 1. The van der Waals surface area contributed by atoms with Gasteiger partial charge in [0.25, 0.3) is 0 Å². The van der Waals surface area contributed by atoms with E-state index in [1.165, 1.54) is 13.4 Å². The lowest BCUT2D eigenvalue weighted by Crippen LogP contribution is -2.19. The summed E-state index contributed by atoms with van der Waals surface area (Å²) in [4.78, 5) is 11.3. The molecule has 1 amide bonds. The Labute approximate surface area is 96.4 Å². The van der Waals surface area contributed by atoms with Crippen LogP contribution >= 0.6 is 0 Å². The molecule has 0 aliphatic rings. The first kappa shape index (κ1) is 12.5. The molecule has 0 aliphatic heterocycles. The molecule has 0 fully saturated rings. The Morgan fingerprint density at radius 3 is 2.75 bits per heavy atom. The van der Waals surface area contributed by atoms with Crippen LogP contribution in [0.15, 0.2) is 18.2 Å². The van der Waals surface area contributed by atoms with E-state index in [2.05, 4.69) is 5.32 Å². The van der Waals surface area contributed by atoms with E-state index in [1.54, 1.807) is 18.2 Å². The number of nitrogen functional groups attached to an aromatic ring is 1. The van der Waals surface area contributed by atoms with E-state index in [4.69, 9.17) is 10.5 Å². The smallest absolute Gasteiger partial charge is 0.237 e. The molecule has 1 atom stereocenters. The lowest BCUT2D eigenvalue weighted by Gasteiger charge is -2.08. The normalized spacial score (nSPS) is 11.9. The maximum absolute atomic E-state index is 11.3. The minimum absolute atomic E-state index is 0.0362. The van der Waals surface area contributed by atoms with Gasteiger partial charge in [-0.25, -0.2) is 0 Å². The fourth-order valence-electron chi connectivity index (χ4n) is 1.15. The Morgan fingerprint density at radius 1 is 1.56 bits per heavy atom. The van der Waals surface area contributed by atoms with E-state index in [1.807, 2.05) is 0 Å². The summed E-state index contributed by atoms with van der Waals surface area (Å²) in [5.74, 6) is 0.262. The second kappa shape index (κ2) is 5.50. The highest BCUT2D eigenvalue weighted by Crippen LogP contribution is 2.23. The number of nitrogens with one attached hydrogen (secondary N) is 1. The van der Waals surface area contributed by atoms with Crippen LogP contribution in [0, 0.1) is 0 Å². The summed E-state index contributed by atoms with van der Waals surface area (Å²) < 4.78 is 15.8. The summed E-state index contributed by atoms with van der Waals surface area (Å²) in [6.45, 7) is 0. The third kappa shape index (κ3) is 3.54. The largest absolute Gasteiger partial charge is 0.497 e. The number of carbonyl (C=O) groups is 1. The van der Waals surface area contributed by atoms with Crippen molar-refractivity contribution in [2.24, 2.45) is 0 Å². The summed E-state index contributed by atoms with van der Waals surface area (Å²) in [6, 6.07) is 4.94. The average molecular weight is 242 g/mol. The van der Waals surface area contributed by atoms with Crippen LogP contribution in [-0.2, 0) is 15.6 Å². The molecule has 5 nitrogen and oxygen atoms in total. The van der Waals surface area contributed by atoms with E-state index < -0.39 is 10.8 Å². The van der Waals surface area contributed by atoms with E-state index in [0.29, 0.717) is 17.1 Å². The molecular weight excluding hydrogens is 228 g/mol. The maximum Gasteiger partial charge on any atom is 0.237 e. The fourth-order valence-corrected chi connectivity index (χ4v) is 1.59. The van der Waals surface area contributed by atoms with E-state index in [-0.39, 0.29) is 11.7 Å². The van der Waals surface area contributed by atoms with Gasteiger partial charge in [0, 0.05) is 23.1 Å². The lowest BCUT2D eigenvalue weighted by molar-refractivity contribution is -0.113. The van der Waals surface area contributed by atoms with Gasteiger partial charge >= 0.3 is 0 Å². The second-order valence-electron chi connectivity index (χ2n) is 3.22. The Bertz CT molecular complexity index is 421. The molecule has 1 rings (SSSR count). The minimum atomic E-state index is -1.16. The quantitative estimate of drug-likeness (QED) is 0.757. The SMILES string of the molecule is COc1ccc(NC(=O)CS(C)=O)c(N)c1. The van der Waals surface area contributed by atoms with Crippen molar-refractivity contribution >= 4 is 28.1 Å². The van der Waals surface area contributed by atoms with Gasteiger partial charge in [0.2, 0.25) is 5.91 Å². The molecule has 1 aromatic carbocycles. The number of methoxy groups -OCH3 is 1. The van der Waals surface area contributed by atoms with E-state index in [0.717, 1.165) is 0 Å². The van der Waals surface area contributed by atoms with Gasteiger partial charge in [-0.15, -0.1) is 0 Å². The Balaban J connectivity index is 2.74. The molecule has 0 saturated carbocycles. The average Bonchev–Trinajstić information content (AvgIpc) is 2.19. The molecule has 1 unspecified atom stereocenters. The molecular formula is C10H14N2O3S. The second-order valence-corrected chi connectivity index (χ2v) is 4.65. The summed E-state index contributed by atoms with van der Waals surface area (Å²) >= 11 is 0. The number of hydrogen-bond donors (Lipinski definition) is 2. The molecule has 1 aromatic rings. The van der Waals surface area contributed by atoms with Gasteiger partial charge in [0.15, 0.2) is 0 Å². The minimum Gasteiger partial charge on any atom is -0.497 e. The van der Waals surface area contributed by atoms with Crippen molar-refractivity contribution in [3.8, 4) is 5.75 Å².